The van der Waals surface area contributed by atoms with Crippen LogP contribution in [0, 0.1) is 0 Å². The molecule has 0 amide bonds. The van der Waals surface area contributed by atoms with E-state index in [1.54, 1.807) is 11.8 Å². The number of rotatable bonds is 3. The average Bonchev–Trinajstić information content (AvgIpc) is 2.55. The molecule has 0 saturated carbocycles. The lowest BCUT2D eigenvalue weighted by molar-refractivity contribution is 0.856. The molecule has 3 rings (SSSR count). The van der Waals surface area contributed by atoms with E-state index >= 15 is 0 Å². The van der Waals surface area contributed by atoms with Gasteiger partial charge in [0.15, 0.2) is 0 Å². The van der Waals surface area contributed by atoms with Crippen LogP contribution in [0.3, 0.4) is 0 Å². The van der Waals surface area contributed by atoms with E-state index < -0.39 is 0 Å². The first kappa shape index (κ1) is 14.5. The molecule has 3 aromatic carbocycles. The minimum atomic E-state index is -0.157. The molecule has 0 spiro atoms. The molecule has 3 aromatic rings. The molecule has 0 aromatic heterocycles. The van der Waals surface area contributed by atoms with Gasteiger partial charge in [0, 0.05) is 15.3 Å². The zero-order valence-electron chi connectivity index (χ0n) is 11.7. The minimum absolute atomic E-state index is 0.157. The third kappa shape index (κ3) is 2.67. The van der Waals surface area contributed by atoms with Crippen LogP contribution in [0.25, 0.3) is 10.8 Å². The van der Waals surface area contributed by atoms with E-state index in [1.165, 1.54) is 4.90 Å². The Morgan fingerprint density at radius 2 is 1.52 bits per heavy atom. The fraction of sp³-hybridized carbons (Fsp3) is 0.111. The highest BCUT2D eigenvalue weighted by molar-refractivity contribution is 7.98. The molecular formula is C18H16ClNS. The summed E-state index contributed by atoms with van der Waals surface area (Å²) in [5.41, 5.74) is 8.81. The normalized spacial score (nSPS) is 12.5. The van der Waals surface area contributed by atoms with Crippen molar-refractivity contribution in [2.24, 2.45) is 5.73 Å². The predicted octanol–water partition coefficient (Wildman–Crippen LogP) is 5.26. The lowest BCUT2D eigenvalue weighted by atomic mass is 9.94. The Morgan fingerprint density at radius 1 is 0.857 bits per heavy atom. The maximum absolute atomic E-state index is 6.55. The average molecular weight is 314 g/mol. The number of fused-ring (bicyclic) bond motifs is 1. The monoisotopic (exact) mass is 313 g/mol. The number of thioether (sulfide) groups is 1. The van der Waals surface area contributed by atoms with Gasteiger partial charge >= 0.3 is 0 Å². The maximum atomic E-state index is 6.55. The highest BCUT2D eigenvalue weighted by atomic mass is 35.5. The Bertz CT molecular complexity index is 785. The molecule has 1 nitrogen and oxygen atoms in total. The van der Waals surface area contributed by atoms with Gasteiger partial charge in [0.25, 0.3) is 0 Å². The highest BCUT2D eigenvalue weighted by Crippen LogP contribution is 2.34. The van der Waals surface area contributed by atoms with Gasteiger partial charge in [-0.25, -0.2) is 0 Å². The van der Waals surface area contributed by atoms with Gasteiger partial charge in [0.05, 0.1) is 6.04 Å². The fourth-order valence-corrected chi connectivity index (χ4v) is 3.52. The zero-order valence-corrected chi connectivity index (χ0v) is 13.3. The molecule has 21 heavy (non-hydrogen) atoms. The second kappa shape index (κ2) is 6.10. The van der Waals surface area contributed by atoms with Gasteiger partial charge in [-0.15, -0.1) is 11.8 Å². The Kier molecular flexibility index (Phi) is 4.20. The third-order valence-corrected chi connectivity index (χ3v) is 4.85. The second-order valence-corrected chi connectivity index (χ2v) is 6.16. The van der Waals surface area contributed by atoms with Crippen molar-refractivity contribution in [2.75, 3.05) is 6.26 Å². The van der Waals surface area contributed by atoms with Crippen LogP contribution in [-0.2, 0) is 0 Å². The molecule has 2 N–H and O–H groups in total. The van der Waals surface area contributed by atoms with E-state index in [1.807, 2.05) is 42.5 Å². The smallest absolute Gasteiger partial charge is 0.0568 e. The molecule has 0 radical (unpaired) electrons. The number of halogens is 1. The van der Waals surface area contributed by atoms with Crippen molar-refractivity contribution in [3.8, 4) is 0 Å². The predicted molar refractivity (Wildman–Crippen MR) is 93.2 cm³/mol. The molecule has 1 atom stereocenters. The summed E-state index contributed by atoms with van der Waals surface area (Å²) in [5.74, 6) is 0. The van der Waals surface area contributed by atoms with Crippen molar-refractivity contribution in [2.45, 2.75) is 10.9 Å². The Balaban J connectivity index is 2.18. The first-order valence-electron chi connectivity index (χ1n) is 6.78. The van der Waals surface area contributed by atoms with E-state index in [9.17, 15) is 0 Å². The largest absolute Gasteiger partial charge is 0.320 e. The van der Waals surface area contributed by atoms with Gasteiger partial charge in [0.1, 0.15) is 0 Å². The molecule has 0 heterocycles. The summed E-state index contributed by atoms with van der Waals surface area (Å²) in [4.78, 5) is 1.21. The maximum Gasteiger partial charge on any atom is 0.0568 e. The van der Waals surface area contributed by atoms with Crippen molar-refractivity contribution >= 4 is 34.1 Å². The topological polar surface area (TPSA) is 26.0 Å². The van der Waals surface area contributed by atoms with E-state index in [0.29, 0.717) is 0 Å². The van der Waals surface area contributed by atoms with E-state index in [4.69, 9.17) is 17.3 Å². The van der Waals surface area contributed by atoms with Gasteiger partial charge < -0.3 is 5.73 Å². The summed E-state index contributed by atoms with van der Waals surface area (Å²) in [6.07, 6.45) is 2.07. The molecule has 3 heteroatoms. The van der Waals surface area contributed by atoms with Crippen molar-refractivity contribution < 1.29 is 0 Å². The molecule has 0 aliphatic heterocycles. The van der Waals surface area contributed by atoms with Crippen LogP contribution < -0.4 is 5.73 Å². The highest BCUT2D eigenvalue weighted by Gasteiger charge is 2.15. The third-order valence-electron chi connectivity index (χ3n) is 3.71. The second-order valence-electron chi connectivity index (χ2n) is 4.90. The van der Waals surface area contributed by atoms with E-state index in [2.05, 4.69) is 24.5 Å². The molecule has 0 saturated heterocycles. The molecule has 106 valence electrons. The zero-order chi connectivity index (χ0) is 14.8. The Morgan fingerprint density at radius 3 is 2.29 bits per heavy atom. The Hall–Kier alpha value is -1.48. The van der Waals surface area contributed by atoms with Gasteiger partial charge in [-0.1, -0.05) is 60.1 Å². The van der Waals surface area contributed by atoms with Crippen LogP contribution in [0.5, 0.6) is 0 Å². The van der Waals surface area contributed by atoms with E-state index in [-0.39, 0.29) is 6.04 Å². The molecule has 0 aliphatic carbocycles. The first-order valence-corrected chi connectivity index (χ1v) is 8.38. The van der Waals surface area contributed by atoms with Gasteiger partial charge in [-0.2, -0.15) is 0 Å². The number of benzene rings is 3. The summed E-state index contributed by atoms with van der Waals surface area (Å²) in [6.45, 7) is 0. The summed E-state index contributed by atoms with van der Waals surface area (Å²) >= 11 is 8.01. The molecule has 1 unspecified atom stereocenters. The fourth-order valence-electron chi connectivity index (χ4n) is 2.65. The van der Waals surface area contributed by atoms with E-state index in [0.717, 1.165) is 26.9 Å². The van der Waals surface area contributed by atoms with Crippen molar-refractivity contribution in [3.63, 3.8) is 0 Å². The van der Waals surface area contributed by atoms with Gasteiger partial charge in [-0.3, -0.25) is 0 Å². The van der Waals surface area contributed by atoms with Crippen LogP contribution in [0.1, 0.15) is 17.2 Å². The quantitative estimate of drug-likeness (QED) is 0.667. The SMILES string of the molecule is CSc1ccccc1C(N)c1ccc(Cl)c2ccccc12. The summed E-state index contributed by atoms with van der Waals surface area (Å²) in [6, 6.07) is 20.2. The number of hydrogen-bond acceptors (Lipinski definition) is 2. The van der Waals surface area contributed by atoms with Gasteiger partial charge in [0.2, 0.25) is 0 Å². The van der Waals surface area contributed by atoms with Gasteiger partial charge in [-0.05, 0) is 34.9 Å². The standard InChI is InChI=1S/C18H16ClNS/c1-21-17-9-5-4-8-15(17)18(20)14-10-11-16(19)13-7-3-2-6-12(13)14/h2-11,18H,20H2,1H3. The number of hydrogen-bond donors (Lipinski definition) is 1. The van der Waals surface area contributed by atoms with Crippen LogP contribution in [-0.4, -0.2) is 6.26 Å². The first-order chi connectivity index (χ1) is 10.2. The van der Waals surface area contributed by atoms with Crippen molar-refractivity contribution in [1.82, 2.24) is 0 Å². The summed E-state index contributed by atoms with van der Waals surface area (Å²) in [5, 5.41) is 2.93. The van der Waals surface area contributed by atoms with Crippen LogP contribution in [0.15, 0.2) is 65.6 Å². The van der Waals surface area contributed by atoms with Crippen molar-refractivity contribution in [1.29, 1.82) is 0 Å². The van der Waals surface area contributed by atoms with Crippen molar-refractivity contribution in [3.05, 3.63) is 76.8 Å². The summed E-state index contributed by atoms with van der Waals surface area (Å²) in [7, 11) is 0. The molecular weight excluding hydrogens is 298 g/mol. The lowest BCUT2D eigenvalue weighted by Crippen LogP contribution is -2.13. The van der Waals surface area contributed by atoms with Crippen LogP contribution in [0.4, 0.5) is 0 Å². The Labute approximate surface area is 134 Å². The number of nitrogens with two attached hydrogens (primary N) is 1. The molecule has 0 fully saturated rings. The summed E-state index contributed by atoms with van der Waals surface area (Å²) < 4.78 is 0. The molecule has 0 bridgehead atoms. The minimum Gasteiger partial charge on any atom is -0.320 e. The van der Waals surface area contributed by atoms with Crippen LogP contribution in [0.2, 0.25) is 5.02 Å². The lowest BCUT2D eigenvalue weighted by Gasteiger charge is -2.18. The molecule has 0 aliphatic rings. The van der Waals surface area contributed by atoms with Crippen LogP contribution >= 0.6 is 23.4 Å².